The maximum absolute atomic E-state index is 13.1. The number of anilines is 1. The number of amides is 1. The number of pyridine rings is 1. The van der Waals surface area contributed by atoms with Crippen molar-refractivity contribution in [3.63, 3.8) is 0 Å². The second kappa shape index (κ2) is 4.92. The van der Waals surface area contributed by atoms with E-state index in [1.165, 1.54) is 24.4 Å². The molecule has 0 saturated heterocycles. The van der Waals surface area contributed by atoms with Crippen LogP contribution in [0.4, 0.5) is 10.2 Å². The van der Waals surface area contributed by atoms with E-state index < -0.39 is 0 Å². The van der Waals surface area contributed by atoms with Crippen LogP contribution in [-0.4, -0.2) is 16.0 Å². The summed E-state index contributed by atoms with van der Waals surface area (Å²) in [6.07, 6.45) is 2.18. The summed E-state index contributed by atoms with van der Waals surface area (Å²) in [5.74, 6) is -0.565. The van der Waals surface area contributed by atoms with Gasteiger partial charge in [-0.1, -0.05) is 12.1 Å². The molecule has 1 aromatic carbocycles. The van der Waals surface area contributed by atoms with Crippen molar-refractivity contribution in [1.82, 2.24) is 4.98 Å². The Morgan fingerprint density at radius 2 is 2.20 bits per heavy atom. The first-order chi connectivity index (χ1) is 9.65. The molecule has 2 N–H and O–H groups in total. The molecule has 0 aliphatic heterocycles. The van der Waals surface area contributed by atoms with Crippen molar-refractivity contribution in [2.75, 3.05) is 5.32 Å². The predicted octanol–water partition coefficient (Wildman–Crippen LogP) is 2.67. The van der Waals surface area contributed by atoms with Gasteiger partial charge in [0.25, 0.3) is 0 Å². The molecular weight excluding hydrogens is 259 g/mol. The van der Waals surface area contributed by atoms with E-state index in [1.807, 2.05) is 6.07 Å². The topological polar surface area (TPSA) is 62.2 Å². The molecule has 4 nitrogen and oxygen atoms in total. The molecule has 5 heteroatoms. The number of benzene rings is 1. The van der Waals surface area contributed by atoms with Gasteiger partial charge in [0.1, 0.15) is 5.82 Å². The second-order valence-corrected chi connectivity index (χ2v) is 4.86. The monoisotopic (exact) mass is 272 g/mol. The first-order valence-electron chi connectivity index (χ1n) is 6.35. The fraction of sp³-hybridized carbons (Fsp3) is 0.200. The van der Waals surface area contributed by atoms with Crippen LogP contribution >= 0.6 is 0 Å². The number of aromatic hydroxyl groups is 1. The number of hydrogen-bond acceptors (Lipinski definition) is 3. The van der Waals surface area contributed by atoms with Crippen LogP contribution < -0.4 is 5.32 Å². The van der Waals surface area contributed by atoms with Crippen molar-refractivity contribution in [2.24, 2.45) is 5.92 Å². The third kappa shape index (κ3) is 2.47. The molecule has 1 amide bonds. The quantitative estimate of drug-likeness (QED) is 0.903. The summed E-state index contributed by atoms with van der Waals surface area (Å²) < 4.78 is 13.1. The number of hydrogen-bond donors (Lipinski definition) is 2. The molecule has 2 aromatic rings. The highest BCUT2D eigenvalue weighted by Crippen LogP contribution is 2.48. The van der Waals surface area contributed by atoms with E-state index in [2.05, 4.69) is 10.3 Å². The van der Waals surface area contributed by atoms with Crippen LogP contribution in [0.5, 0.6) is 5.75 Å². The van der Waals surface area contributed by atoms with E-state index in [0.717, 1.165) is 5.56 Å². The van der Waals surface area contributed by atoms with Crippen LogP contribution in [0.1, 0.15) is 17.9 Å². The van der Waals surface area contributed by atoms with E-state index in [9.17, 15) is 14.3 Å². The average Bonchev–Trinajstić information content (AvgIpc) is 3.22. The maximum Gasteiger partial charge on any atom is 0.229 e. The van der Waals surface area contributed by atoms with Crippen LogP contribution in [0.2, 0.25) is 0 Å². The first kappa shape index (κ1) is 12.6. The molecule has 0 unspecified atom stereocenters. The molecule has 102 valence electrons. The zero-order valence-electron chi connectivity index (χ0n) is 10.6. The highest BCUT2D eigenvalue weighted by molar-refractivity contribution is 5.95. The number of nitrogens with zero attached hydrogens (tertiary/aromatic N) is 1. The Bertz CT molecular complexity index is 660. The highest BCUT2D eigenvalue weighted by atomic mass is 19.1. The van der Waals surface area contributed by atoms with Crippen molar-refractivity contribution in [2.45, 2.75) is 12.3 Å². The molecule has 1 saturated carbocycles. The summed E-state index contributed by atoms with van der Waals surface area (Å²) in [4.78, 5) is 15.9. The molecule has 2 atom stereocenters. The minimum absolute atomic E-state index is 0.0385. The van der Waals surface area contributed by atoms with Gasteiger partial charge >= 0.3 is 0 Å². The van der Waals surface area contributed by atoms with Crippen molar-refractivity contribution in [3.05, 3.63) is 54.0 Å². The molecule has 20 heavy (non-hydrogen) atoms. The van der Waals surface area contributed by atoms with Crippen LogP contribution in [0, 0.1) is 11.7 Å². The molecule has 1 fully saturated rings. The Hall–Kier alpha value is -2.43. The van der Waals surface area contributed by atoms with Gasteiger partial charge in [-0.2, -0.15) is 0 Å². The van der Waals surface area contributed by atoms with Gasteiger partial charge in [0, 0.05) is 12.1 Å². The second-order valence-electron chi connectivity index (χ2n) is 4.86. The fourth-order valence-electron chi connectivity index (χ4n) is 2.29. The minimum atomic E-state index is -0.295. The van der Waals surface area contributed by atoms with Gasteiger partial charge < -0.3 is 10.4 Å². The standard InChI is InChI=1S/C15H13FN2O2/c16-10-4-1-3-9(7-10)11-8-12(11)15(20)18-14-13(19)5-2-6-17-14/h1-7,11-12,19H,8H2,(H,17,18,20)/t11-,12+/m1/s1. The summed E-state index contributed by atoms with van der Waals surface area (Å²) in [6.45, 7) is 0. The van der Waals surface area contributed by atoms with Crippen molar-refractivity contribution >= 4 is 11.7 Å². The van der Waals surface area contributed by atoms with Crippen molar-refractivity contribution < 1.29 is 14.3 Å². The van der Waals surface area contributed by atoms with Crippen LogP contribution in [-0.2, 0) is 4.79 Å². The number of aromatic nitrogens is 1. The molecular formula is C15H13FN2O2. The van der Waals surface area contributed by atoms with Crippen LogP contribution in [0.25, 0.3) is 0 Å². The van der Waals surface area contributed by atoms with Gasteiger partial charge in [0.2, 0.25) is 5.91 Å². The first-order valence-corrected chi connectivity index (χ1v) is 6.35. The molecule has 1 aliphatic rings. The Kier molecular flexibility index (Phi) is 3.10. The Morgan fingerprint density at radius 1 is 1.35 bits per heavy atom. The number of halogens is 1. The number of nitrogens with one attached hydrogen (secondary N) is 1. The molecule has 1 aliphatic carbocycles. The largest absolute Gasteiger partial charge is 0.504 e. The third-order valence-corrected chi connectivity index (χ3v) is 3.43. The molecule has 0 bridgehead atoms. The highest BCUT2D eigenvalue weighted by Gasteiger charge is 2.44. The normalized spacial score (nSPS) is 20.4. The van der Waals surface area contributed by atoms with Crippen molar-refractivity contribution in [3.8, 4) is 5.75 Å². The SMILES string of the molecule is O=C(Nc1ncccc1O)[C@H]1C[C@@H]1c1cccc(F)c1. The Balaban J connectivity index is 1.68. The van der Waals surface area contributed by atoms with Gasteiger partial charge in [-0.3, -0.25) is 4.79 Å². The zero-order chi connectivity index (χ0) is 14.1. The van der Waals surface area contributed by atoms with Gasteiger partial charge in [0.15, 0.2) is 11.6 Å². The van der Waals surface area contributed by atoms with Crippen molar-refractivity contribution in [1.29, 1.82) is 0 Å². The lowest BCUT2D eigenvalue weighted by Crippen LogP contribution is -2.15. The van der Waals surface area contributed by atoms with E-state index >= 15 is 0 Å². The Labute approximate surface area is 115 Å². The van der Waals surface area contributed by atoms with Gasteiger partial charge in [-0.05, 0) is 42.2 Å². The zero-order valence-corrected chi connectivity index (χ0v) is 10.6. The maximum atomic E-state index is 13.1. The minimum Gasteiger partial charge on any atom is -0.504 e. The molecule has 0 radical (unpaired) electrons. The van der Waals surface area contributed by atoms with Gasteiger partial charge in [0.05, 0.1) is 0 Å². The number of carbonyl (C=O) groups is 1. The molecule has 1 heterocycles. The average molecular weight is 272 g/mol. The van der Waals surface area contributed by atoms with Gasteiger partial charge in [-0.25, -0.2) is 9.37 Å². The fourth-order valence-corrected chi connectivity index (χ4v) is 2.29. The molecule has 3 rings (SSSR count). The molecule has 1 aromatic heterocycles. The summed E-state index contributed by atoms with van der Waals surface area (Å²) in [5.41, 5.74) is 0.829. The smallest absolute Gasteiger partial charge is 0.229 e. The van der Waals surface area contributed by atoms with E-state index in [1.54, 1.807) is 12.1 Å². The van der Waals surface area contributed by atoms with Gasteiger partial charge in [-0.15, -0.1) is 0 Å². The summed E-state index contributed by atoms with van der Waals surface area (Å²) in [5, 5.41) is 12.1. The third-order valence-electron chi connectivity index (χ3n) is 3.43. The Morgan fingerprint density at radius 3 is 2.95 bits per heavy atom. The lowest BCUT2D eigenvalue weighted by atomic mass is 10.1. The summed E-state index contributed by atoms with van der Waals surface area (Å²) >= 11 is 0. The summed E-state index contributed by atoms with van der Waals surface area (Å²) in [7, 11) is 0. The van der Waals surface area contributed by atoms with Crippen LogP contribution in [0.15, 0.2) is 42.6 Å². The summed E-state index contributed by atoms with van der Waals surface area (Å²) in [6, 6.07) is 9.34. The predicted molar refractivity (Wildman–Crippen MR) is 71.8 cm³/mol. The lowest BCUT2D eigenvalue weighted by Gasteiger charge is -2.05. The van der Waals surface area contributed by atoms with E-state index in [0.29, 0.717) is 6.42 Å². The van der Waals surface area contributed by atoms with E-state index in [4.69, 9.17) is 0 Å². The van der Waals surface area contributed by atoms with E-state index in [-0.39, 0.29) is 35.1 Å². The number of carbonyl (C=O) groups excluding carboxylic acids is 1. The van der Waals surface area contributed by atoms with Crippen LogP contribution in [0.3, 0.4) is 0 Å². The lowest BCUT2D eigenvalue weighted by molar-refractivity contribution is -0.117. The molecule has 0 spiro atoms. The number of rotatable bonds is 3.